The van der Waals surface area contributed by atoms with Crippen molar-refractivity contribution in [1.29, 1.82) is 0 Å². The number of hydrogen-bond donors (Lipinski definition) is 1. The van der Waals surface area contributed by atoms with Crippen molar-refractivity contribution >= 4 is 27.5 Å². The molecule has 0 aromatic heterocycles. The molecule has 4 heteroatoms. The Labute approximate surface area is 159 Å². The van der Waals surface area contributed by atoms with Crippen LogP contribution in [0, 0.1) is 34.5 Å². The quantitative estimate of drug-likeness (QED) is 0.655. The third-order valence-corrected chi connectivity index (χ3v) is 10.2. The van der Waals surface area contributed by atoms with E-state index in [0.717, 1.165) is 51.4 Å². The van der Waals surface area contributed by atoms with Gasteiger partial charge in [0.25, 0.3) is 0 Å². The predicted octanol–water partition coefficient (Wildman–Crippen LogP) is 4.29. The monoisotopic (exact) mass is 410 g/mol. The van der Waals surface area contributed by atoms with Crippen molar-refractivity contribution in [2.24, 2.45) is 34.5 Å². The minimum Gasteiger partial charge on any atom is -0.380 e. The molecule has 0 aromatic carbocycles. The van der Waals surface area contributed by atoms with Crippen LogP contribution in [-0.4, -0.2) is 27.1 Å². The summed E-state index contributed by atoms with van der Waals surface area (Å²) in [4.78, 5) is 24.3. The number of hydrogen-bond acceptors (Lipinski definition) is 3. The molecule has 0 radical (unpaired) electrons. The summed E-state index contributed by atoms with van der Waals surface area (Å²) in [6, 6.07) is 0. The van der Waals surface area contributed by atoms with Crippen LogP contribution in [-0.2, 0) is 9.59 Å². The lowest BCUT2D eigenvalue weighted by Crippen LogP contribution is -2.59. The summed E-state index contributed by atoms with van der Waals surface area (Å²) in [6.07, 6.45) is 7.77. The van der Waals surface area contributed by atoms with Crippen molar-refractivity contribution in [3.05, 3.63) is 0 Å². The first-order valence-electron chi connectivity index (χ1n) is 10.0. The fourth-order valence-electron chi connectivity index (χ4n) is 7.65. The van der Waals surface area contributed by atoms with Crippen molar-refractivity contribution < 1.29 is 14.7 Å². The second-order valence-corrected chi connectivity index (χ2v) is 11.0. The normalized spacial score (nSPS) is 55.2. The van der Waals surface area contributed by atoms with E-state index >= 15 is 0 Å². The van der Waals surface area contributed by atoms with E-state index in [4.69, 9.17) is 0 Å². The van der Waals surface area contributed by atoms with Crippen LogP contribution in [0.3, 0.4) is 0 Å². The summed E-state index contributed by atoms with van der Waals surface area (Å²) in [7, 11) is 0. The number of halogens is 1. The number of aliphatic hydroxyl groups is 1. The van der Waals surface area contributed by atoms with E-state index in [0.29, 0.717) is 29.5 Å². The Morgan fingerprint density at radius 2 is 1.88 bits per heavy atom. The molecule has 0 bridgehead atoms. The van der Waals surface area contributed by atoms with Crippen LogP contribution >= 0.6 is 15.9 Å². The summed E-state index contributed by atoms with van der Waals surface area (Å²) in [5.41, 5.74) is -1.28. The number of Topliss-reactive ketones (excluding diaryl/α,β-unsaturated/α-hetero) is 2. The standard InChI is InChI=1S/C21H31BrO3/c1-12(23)21(25)18(22)11-17-15-5-4-13-10-14(24)6-8-19(13,2)16(15)7-9-20(17,21)3/h13,15-18,25H,4-11H2,1-3H3/t13-,15+,16+,17+,18-,19-,20-,21+/m0/s1. The molecule has 4 fully saturated rings. The third kappa shape index (κ3) is 2.19. The van der Waals surface area contributed by atoms with Crippen molar-refractivity contribution in [3.63, 3.8) is 0 Å². The second kappa shape index (κ2) is 5.64. The number of carbonyl (C=O) groups is 2. The SMILES string of the molecule is CC(=O)[C@@]1(O)[C@@H](Br)C[C@@H]2[C@@H]3CC[C@H]4CC(=O)CC[C@]4(C)[C@@H]3CC[C@@]21C. The highest BCUT2D eigenvalue weighted by Gasteiger charge is 2.69. The average molecular weight is 411 g/mol. The van der Waals surface area contributed by atoms with E-state index in [-0.39, 0.29) is 21.4 Å². The molecule has 4 aliphatic carbocycles. The van der Waals surface area contributed by atoms with Gasteiger partial charge in [0.1, 0.15) is 11.4 Å². The van der Waals surface area contributed by atoms with Gasteiger partial charge in [0.2, 0.25) is 0 Å². The maximum absolute atomic E-state index is 12.4. The Bertz CT molecular complexity index is 618. The molecule has 0 amide bonds. The molecule has 4 rings (SSSR count). The minimum atomic E-state index is -1.23. The lowest BCUT2D eigenvalue weighted by atomic mass is 9.44. The molecule has 0 unspecified atom stereocenters. The molecule has 25 heavy (non-hydrogen) atoms. The van der Waals surface area contributed by atoms with Crippen LogP contribution in [0.4, 0.5) is 0 Å². The highest BCUT2D eigenvalue weighted by atomic mass is 79.9. The van der Waals surface area contributed by atoms with E-state index in [1.54, 1.807) is 6.92 Å². The maximum atomic E-state index is 12.4. The Morgan fingerprint density at radius 1 is 1.16 bits per heavy atom. The maximum Gasteiger partial charge on any atom is 0.163 e. The van der Waals surface area contributed by atoms with Gasteiger partial charge < -0.3 is 5.11 Å². The molecule has 0 aliphatic heterocycles. The molecule has 8 atom stereocenters. The van der Waals surface area contributed by atoms with Crippen LogP contribution in [0.15, 0.2) is 0 Å². The second-order valence-electron chi connectivity index (χ2n) is 9.88. The van der Waals surface area contributed by atoms with Gasteiger partial charge >= 0.3 is 0 Å². The number of rotatable bonds is 1. The molecule has 0 saturated heterocycles. The molecule has 3 nitrogen and oxygen atoms in total. The fraction of sp³-hybridized carbons (Fsp3) is 0.905. The van der Waals surface area contributed by atoms with Crippen molar-refractivity contribution in [2.75, 3.05) is 0 Å². The van der Waals surface area contributed by atoms with Gasteiger partial charge in [0.15, 0.2) is 5.78 Å². The zero-order chi connectivity index (χ0) is 18.2. The zero-order valence-corrected chi connectivity index (χ0v) is 17.3. The smallest absolute Gasteiger partial charge is 0.163 e. The molecule has 4 saturated carbocycles. The highest BCUT2D eigenvalue weighted by Crippen LogP contribution is 2.68. The Kier molecular flexibility index (Phi) is 4.10. The summed E-state index contributed by atoms with van der Waals surface area (Å²) in [5.74, 6) is 2.55. The highest BCUT2D eigenvalue weighted by molar-refractivity contribution is 9.09. The lowest BCUT2D eigenvalue weighted by Gasteiger charge is -2.60. The zero-order valence-electron chi connectivity index (χ0n) is 15.7. The molecule has 140 valence electrons. The Morgan fingerprint density at radius 3 is 2.56 bits per heavy atom. The number of ketones is 2. The van der Waals surface area contributed by atoms with Gasteiger partial charge in [-0.1, -0.05) is 29.8 Å². The molecule has 0 spiro atoms. The van der Waals surface area contributed by atoms with E-state index in [1.807, 2.05) is 0 Å². The summed E-state index contributed by atoms with van der Waals surface area (Å²) in [5, 5.41) is 11.4. The van der Waals surface area contributed by atoms with Crippen LogP contribution in [0.2, 0.25) is 0 Å². The summed E-state index contributed by atoms with van der Waals surface area (Å²) < 4.78 is 0. The molecule has 0 heterocycles. The number of carbonyl (C=O) groups excluding carboxylic acids is 2. The van der Waals surface area contributed by atoms with Gasteiger partial charge in [0, 0.05) is 18.3 Å². The Balaban J connectivity index is 1.68. The van der Waals surface area contributed by atoms with E-state index in [9.17, 15) is 14.7 Å². The fourth-order valence-corrected chi connectivity index (χ4v) is 8.90. The first kappa shape index (κ1) is 18.2. The van der Waals surface area contributed by atoms with E-state index in [2.05, 4.69) is 29.8 Å². The number of alkyl halides is 1. The summed E-state index contributed by atoms with van der Waals surface area (Å²) in [6.45, 7) is 6.15. The first-order chi connectivity index (χ1) is 11.6. The van der Waals surface area contributed by atoms with Gasteiger partial charge in [-0.25, -0.2) is 0 Å². The van der Waals surface area contributed by atoms with Gasteiger partial charge in [-0.05, 0) is 74.5 Å². The number of fused-ring (bicyclic) bond motifs is 5. The lowest BCUT2D eigenvalue weighted by molar-refractivity contribution is -0.168. The summed E-state index contributed by atoms with van der Waals surface area (Å²) >= 11 is 3.68. The van der Waals surface area contributed by atoms with Crippen molar-refractivity contribution in [1.82, 2.24) is 0 Å². The van der Waals surface area contributed by atoms with Crippen LogP contribution in [0.25, 0.3) is 0 Å². The molecule has 0 aromatic rings. The Hall–Kier alpha value is -0.220. The van der Waals surface area contributed by atoms with E-state index in [1.165, 1.54) is 0 Å². The van der Waals surface area contributed by atoms with E-state index < -0.39 is 5.60 Å². The molecule has 4 aliphatic rings. The topological polar surface area (TPSA) is 54.4 Å². The molecular weight excluding hydrogens is 380 g/mol. The largest absolute Gasteiger partial charge is 0.380 e. The van der Waals surface area contributed by atoms with Gasteiger partial charge in [-0.2, -0.15) is 0 Å². The van der Waals surface area contributed by atoms with Crippen LogP contribution in [0.5, 0.6) is 0 Å². The van der Waals surface area contributed by atoms with Crippen LogP contribution in [0.1, 0.15) is 72.1 Å². The minimum absolute atomic E-state index is 0.0824. The van der Waals surface area contributed by atoms with Crippen molar-refractivity contribution in [2.45, 2.75) is 82.6 Å². The van der Waals surface area contributed by atoms with Crippen LogP contribution < -0.4 is 0 Å². The molecule has 1 N–H and O–H groups in total. The molecular formula is C21H31BrO3. The van der Waals surface area contributed by atoms with Gasteiger partial charge in [-0.3, -0.25) is 9.59 Å². The average Bonchev–Trinajstić information content (AvgIpc) is 2.77. The van der Waals surface area contributed by atoms with Gasteiger partial charge in [0.05, 0.1) is 4.83 Å². The van der Waals surface area contributed by atoms with Gasteiger partial charge in [-0.15, -0.1) is 0 Å². The third-order valence-electron chi connectivity index (χ3n) is 9.19. The predicted molar refractivity (Wildman–Crippen MR) is 100 cm³/mol. The van der Waals surface area contributed by atoms with Crippen molar-refractivity contribution in [3.8, 4) is 0 Å². The first-order valence-corrected chi connectivity index (χ1v) is 11.0.